The molecular weight excluding hydrogens is 342 g/mol. The van der Waals surface area contributed by atoms with Gasteiger partial charge < -0.3 is 26.0 Å². The highest BCUT2D eigenvalue weighted by atomic mass is 16.5. The number of nitrogens with two attached hydrogens (primary N) is 1. The number of piperidine rings is 1. The molecule has 0 unspecified atom stereocenters. The minimum Gasteiger partial charge on any atom is -0.381 e. The summed E-state index contributed by atoms with van der Waals surface area (Å²) in [5.74, 6) is 0.841. The SMILES string of the molecule is CCCCOCCCN=C(NCC)NCCCCN1CCC(C(N)=O)CC1. The molecule has 0 aromatic carbocycles. The summed E-state index contributed by atoms with van der Waals surface area (Å²) in [6.45, 7) is 11.6. The normalized spacial score (nSPS) is 16.4. The van der Waals surface area contributed by atoms with Crippen molar-refractivity contribution in [1.82, 2.24) is 15.5 Å². The number of unbranched alkanes of at least 4 members (excludes halogenated alkanes) is 2. The van der Waals surface area contributed by atoms with Crippen LogP contribution in [0.4, 0.5) is 0 Å². The number of hydrogen-bond acceptors (Lipinski definition) is 4. The van der Waals surface area contributed by atoms with E-state index in [1.165, 1.54) is 6.42 Å². The highest BCUT2D eigenvalue weighted by Crippen LogP contribution is 2.16. The molecule has 0 atom stereocenters. The van der Waals surface area contributed by atoms with Crippen LogP contribution in [0.3, 0.4) is 0 Å². The van der Waals surface area contributed by atoms with Gasteiger partial charge in [-0.15, -0.1) is 0 Å². The number of primary amides is 1. The molecule has 0 radical (unpaired) electrons. The molecule has 0 saturated carbocycles. The Kier molecular flexibility index (Phi) is 13.8. The van der Waals surface area contributed by atoms with Gasteiger partial charge in [0, 0.05) is 38.8 Å². The zero-order valence-corrected chi connectivity index (χ0v) is 17.5. The third kappa shape index (κ3) is 11.9. The lowest BCUT2D eigenvalue weighted by molar-refractivity contribution is -0.123. The van der Waals surface area contributed by atoms with Crippen LogP contribution in [0.1, 0.15) is 58.8 Å². The smallest absolute Gasteiger partial charge is 0.220 e. The molecule has 0 aromatic heterocycles. The predicted octanol–water partition coefficient (Wildman–Crippen LogP) is 1.73. The van der Waals surface area contributed by atoms with Crippen LogP contribution in [0.15, 0.2) is 4.99 Å². The van der Waals surface area contributed by atoms with Gasteiger partial charge >= 0.3 is 0 Å². The summed E-state index contributed by atoms with van der Waals surface area (Å²) in [6, 6.07) is 0. The molecule has 1 amide bonds. The quantitative estimate of drug-likeness (QED) is 0.241. The first-order valence-electron chi connectivity index (χ1n) is 10.8. The Morgan fingerprint density at radius 3 is 2.52 bits per heavy atom. The molecule has 0 bridgehead atoms. The molecule has 27 heavy (non-hydrogen) atoms. The van der Waals surface area contributed by atoms with Crippen LogP contribution in [-0.2, 0) is 9.53 Å². The Bertz CT molecular complexity index is 409. The van der Waals surface area contributed by atoms with E-state index in [1.54, 1.807) is 0 Å². The van der Waals surface area contributed by atoms with Gasteiger partial charge in [-0.1, -0.05) is 13.3 Å². The van der Waals surface area contributed by atoms with E-state index in [0.717, 1.165) is 97.0 Å². The van der Waals surface area contributed by atoms with Crippen LogP contribution in [0.25, 0.3) is 0 Å². The van der Waals surface area contributed by atoms with Gasteiger partial charge in [0.15, 0.2) is 5.96 Å². The number of nitrogens with one attached hydrogen (secondary N) is 2. The van der Waals surface area contributed by atoms with Crippen molar-refractivity contribution >= 4 is 11.9 Å². The maximum absolute atomic E-state index is 11.2. The molecule has 1 aliphatic rings. The standard InChI is InChI=1S/C20H41N5O2/c1-3-5-16-27-17-8-12-24-20(22-4-2)23-11-6-7-13-25-14-9-18(10-15-25)19(21)26/h18H,3-17H2,1-2H3,(H2,21,26)(H2,22,23,24). The molecule has 158 valence electrons. The van der Waals surface area contributed by atoms with E-state index < -0.39 is 0 Å². The summed E-state index contributed by atoms with van der Waals surface area (Å²) in [5.41, 5.74) is 5.39. The minimum absolute atomic E-state index is 0.0823. The average Bonchev–Trinajstić information content (AvgIpc) is 2.67. The number of amides is 1. The number of guanidine groups is 1. The van der Waals surface area contributed by atoms with Crippen molar-refractivity contribution in [2.45, 2.75) is 58.8 Å². The fourth-order valence-electron chi connectivity index (χ4n) is 3.16. The molecular formula is C20H41N5O2. The second-order valence-electron chi connectivity index (χ2n) is 7.23. The molecule has 4 N–H and O–H groups in total. The van der Waals surface area contributed by atoms with Gasteiger partial charge in [0.25, 0.3) is 0 Å². The number of likely N-dealkylation sites (tertiary alicyclic amines) is 1. The number of rotatable bonds is 14. The second kappa shape index (κ2) is 15.7. The van der Waals surface area contributed by atoms with Gasteiger partial charge in [-0.25, -0.2) is 0 Å². The van der Waals surface area contributed by atoms with Crippen LogP contribution < -0.4 is 16.4 Å². The van der Waals surface area contributed by atoms with E-state index in [4.69, 9.17) is 10.5 Å². The van der Waals surface area contributed by atoms with E-state index in [-0.39, 0.29) is 11.8 Å². The molecule has 0 aromatic rings. The minimum atomic E-state index is -0.137. The van der Waals surface area contributed by atoms with E-state index >= 15 is 0 Å². The lowest BCUT2D eigenvalue weighted by atomic mass is 9.96. The maximum Gasteiger partial charge on any atom is 0.220 e. The summed E-state index contributed by atoms with van der Waals surface area (Å²) in [6.07, 6.45) is 7.36. The second-order valence-corrected chi connectivity index (χ2v) is 7.23. The number of carbonyl (C=O) groups excluding carboxylic acids is 1. The zero-order chi connectivity index (χ0) is 19.7. The highest BCUT2D eigenvalue weighted by molar-refractivity contribution is 5.79. The molecule has 0 spiro atoms. The molecule has 1 fully saturated rings. The predicted molar refractivity (Wildman–Crippen MR) is 112 cm³/mol. The Morgan fingerprint density at radius 1 is 1.11 bits per heavy atom. The molecule has 0 aliphatic carbocycles. The summed E-state index contributed by atoms with van der Waals surface area (Å²) in [4.78, 5) is 18.2. The van der Waals surface area contributed by atoms with Crippen LogP contribution in [0.5, 0.6) is 0 Å². The monoisotopic (exact) mass is 383 g/mol. The van der Waals surface area contributed by atoms with Gasteiger partial charge in [-0.05, 0) is 65.1 Å². The third-order valence-corrected chi connectivity index (χ3v) is 4.89. The highest BCUT2D eigenvalue weighted by Gasteiger charge is 2.22. The topological polar surface area (TPSA) is 92.0 Å². The zero-order valence-electron chi connectivity index (χ0n) is 17.5. The summed E-state index contributed by atoms with van der Waals surface area (Å²) in [5, 5.41) is 6.70. The molecule has 1 heterocycles. The molecule has 7 heteroatoms. The largest absolute Gasteiger partial charge is 0.381 e. The first kappa shape index (κ1) is 23.7. The van der Waals surface area contributed by atoms with E-state index in [1.807, 2.05) is 0 Å². The lowest BCUT2D eigenvalue weighted by Crippen LogP contribution is -2.39. The first-order valence-corrected chi connectivity index (χ1v) is 10.8. The Morgan fingerprint density at radius 2 is 1.85 bits per heavy atom. The van der Waals surface area contributed by atoms with Crippen molar-refractivity contribution in [3.05, 3.63) is 0 Å². The number of nitrogens with zero attached hydrogens (tertiary/aromatic N) is 2. The van der Waals surface area contributed by atoms with Crippen LogP contribution in [0.2, 0.25) is 0 Å². The Balaban J connectivity index is 2.07. The van der Waals surface area contributed by atoms with E-state index in [9.17, 15) is 4.79 Å². The van der Waals surface area contributed by atoms with Crippen LogP contribution in [0, 0.1) is 5.92 Å². The number of aliphatic imine (C=N–C) groups is 1. The van der Waals surface area contributed by atoms with Crippen molar-refractivity contribution < 1.29 is 9.53 Å². The van der Waals surface area contributed by atoms with Gasteiger partial charge in [0.1, 0.15) is 0 Å². The summed E-state index contributed by atoms with van der Waals surface area (Å²) in [7, 11) is 0. The van der Waals surface area contributed by atoms with E-state index in [2.05, 4.69) is 34.4 Å². The van der Waals surface area contributed by atoms with E-state index in [0.29, 0.717) is 0 Å². The molecule has 1 aliphatic heterocycles. The third-order valence-electron chi connectivity index (χ3n) is 4.89. The van der Waals surface area contributed by atoms with Gasteiger partial charge in [0.05, 0.1) is 0 Å². The first-order chi connectivity index (χ1) is 13.2. The lowest BCUT2D eigenvalue weighted by Gasteiger charge is -2.30. The molecule has 7 nitrogen and oxygen atoms in total. The molecule has 1 saturated heterocycles. The van der Waals surface area contributed by atoms with Crippen LogP contribution >= 0.6 is 0 Å². The number of hydrogen-bond donors (Lipinski definition) is 3. The maximum atomic E-state index is 11.2. The van der Waals surface area contributed by atoms with Crippen molar-refractivity contribution in [2.24, 2.45) is 16.6 Å². The fraction of sp³-hybridized carbons (Fsp3) is 0.900. The number of carbonyl (C=O) groups is 1. The van der Waals surface area contributed by atoms with Gasteiger partial charge in [0.2, 0.25) is 5.91 Å². The molecule has 1 rings (SSSR count). The van der Waals surface area contributed by atoms with Crippen molar-refractivity contribution in [1.29, 1.82) is 0 Å². The summed E-state index contributed by atoms with van der Waals surface area (Å²) < 4.78 is 5.57. The summed E-state index contributed by atoms with van der Waals surface area (Å²) >= 11 is 0. The van der Waals surface area contributed by atoms with Crippen molar-refractivity contribution in [3.63, 3.8) is 0 Å². The average molecular weight is 384 g/mol. The van der Waals surface area contributed by atoms with Crippen molar-refractivity contribution in [3.8, 4) is 0 Å². The Hall–Kier alpha value is -1.34. The van der Waals surface area contributed by atoms with Crippen molar-refractivity contribution in [2.75, 3.05) is 52.5 Å². The fourth-order valence-corrected chi connectivity index (χ4v) is 3.16. The Labute approximate surface area is 165 Å². The van der Waals surface area contributed by atoms with Crippen LogP contribution in [-0.4, -0.2) is 69.2 Å². The number of ether oxygens (including phenoxy) is 1. The van der Waals surface area contributed by atoms with Gasteiger partial charge in [-0.3, -0.25) is 9.79 Å². The van der Waals surface area contributed by atoms with Gasteiger partial charge in [-0.2, -0.15) is 0 Å².